The molecule has 21 heteroatoms. The third-order valence-corrected chi connectivity index (χ3v) is 11.1. The smallest absolute Gasteiger partial charge is 0.475 e. The summed E-state index contributed by atoms with van der Waals surface area (Å²) in [5.74, 6) is -6.73. The number of carbonyl (C=O) groups is 3. The van der Waals surface area contributed by atoms with E-state index in [2.05, 4.69) is 49.7 Å². The molecule has 2 aromatic heterocycles. The number of aliphatic carboxylic acids is 2. The number of likely N-dealkylation sites (tertiary alicyclic amines) is 2. The number of aryl methyl sites for hydroxylation is 2. The number of nitrogens with one attached hydrogen (secondary N) is 2. The number of hydrogen-bond donors (Lipinski definition) is 3. The van der Waals surface area contributed by atoms with Gasteiger partial charge in [-0.3, -0.25) is 9.48 Å². The molecule has 3 unspecified atom stereocenters. The molecule has 0 aliphatic carbocycles. The van der Waals surface area contributed by atoms with Crippen molar-refractivity contribution >= 4 is 29.4 Å². The highest BCUT2D eigenvalue weighted by Gasteiger charge is 2.58. The summed E-state index contributed by atoms with van der Waals surface area (Å²) in [7, 11) is 1.85. The molecule has 0 saturated carbocycles. The zero-order chi connectivity index (χ0) is 43.9. The lowest BCUT2D eigenvalue weighted by molar-refractivity contribution is -0.936. The van der Waals surface area contributed by atoms with Crippen LogP contribution in [0.15, 0.2) is 30.6 Å². The average molecular weight is 857 g/mol. The van der Waals surface area contributed by atoms with E-state index in [1.165, 1.54) is 17.0 Å². The Kier molecular flexibility index (Phi) is 13.3. The highest BCUT2D eigenvalue weighted by atomic mass is 35.5. The number of amides is 1. The van der Waals surface area contributed by atoms with Gasteiger partial charge in [-0.2, -0.15) is 31.4 Å². The number of carboxylic acid groups (broad SMARTS) is 2. The Hall–Kier alpha value is -4.43. The number of aromatic nitrogens is 4. The molecule has 0 bridgehead atoms. The standard InChI is InChI=1S/C33H41ClF2N6O2.2C2HF3O2/c1-19-25(34)15-22-27(38-19)33(44-28(22)32(5,6)30-37-18-40(7)39-30)10-12-41(13-11-33)29(43)24-17-42(31(2,3)4)16-23(24)21-9-8-20(35)14-26(21)36;2*3-2(4,5)1(6)7/h8-9,14-15,18,23-24,28H,10-13,16-17H2,1-7H3;2*(H,6,7)/p+2/t23-,24?,28?;;/m0../s1. The molecule has 2 fully saturated rings. The fourth-order valence-corrected chi connectivity index (χ4v) is 7.61. The lowest BCUT2D eigenvalue weighted by Gasteiger charge is -2.40. The van der Waals surface area contributed by atoms with E-state index in [1.54, 1.807) is 11.0 Å². The number of quaternary nitrogens is 1. The minimum absolute atomic E-state index is 0.0249. The number of alkyl halides is 6. The average Bonchev–Trinajstić information content (AvgIpc) is 3.82. The van der Waals surface area contributed by atoms with Gasteiger partial charge in [-0.25, -0.2) is 28.3 Å². The van der Waals surface area contributed by atoms with E-state index in [4.69, 9.17) is 36.1 Å². The first-order chi connectivity index (χ1) is 26.5. The summed E-state index contributed by atoms with van der Waals surface area (Å²) in [4.78, 5) is 43.3. The predicted molar refractivity (Wildman–Crippen MR) is 189 cm³/mol. The van der Waals surface area contributed by atoms with Crippen molar-refractivity contribution in [3.8, 4) is 0 Å². The molecule has 3 aliphatic heterocycles. The van der Waals surface area contributed by atoms with Crippen LogP contribution in [-0.4, -0.2) is 91.8 Å². The van der Waals surface area contributed by atoms with Gasteiger partial charge in [0.15, 0.2) is 17.1 Å². The number of carbonyl (C=O) groups excluding carboxylic acids is 1. The van der Waals surface area contributed by atoms with Gasteiger partial charge in [0.25, 0.3) is 0 Å². The van der Waals surface area contributed by atoms with Crippen molar-refractivity contribution in [1.82, 2.24) is 19.7 Å². The summed E-state index contributed by atoms with van der Waals surface area (Å²) in [6, 6.07) is 5.72. The number of pyridine rings is 1. The maximum atomic E-state index is 15.1. The lowest BCUT2D eigenvalue weighted by Crippen LogP contribution is -3.17. The number of halogens is 9. The van der Waals surface area contributed by atoms with E-state index < -0.39 is 52.9 Å². The van der Waals surface area contributed by atoms with Crippen LogP contribution in [0.1, 0.15) is 87.8 Å². The van der Waals surface area contributed by atoms with E-state index in [1.807, 2.05) is 24.9 Å². The molecule has 3 aromatic rings. The van der Waals surface area contributed by atoms with Crippen molar-refractivity contribution < 1.29 is 74.3 Å². The summed E-state index contributed by atoms with van der Waals surface area (Å²) in [6.07, 6.45) is -7.62. The van der Waals surface area contributed by atoms with Crippen molar-refractivity contribution in [2.75, 3.05) is 26.2 Å². The first-order valence-corrected chi connectivity index (χ1v) is 18.3. The van der Waals surface area contributed by atoms with Crippen molar-refractivity contribution in [2.45, 2.75) is 95.3 Å². The van der Waals surface area contributed by atoms with Crippen molar-refractivity contribution in [2.24, 2.45) is 13.0 Å². The fraction of sp³-hybridized carbons (Fsp3) is 0.568. The van der Waals surface area contributed by atoms with Crippen molar-refractivity contribution in [1.29, 1.82) is 0 Å². The maximum absolute atomic E-state index is 15.1. The van der Waals surface area contributed by atoms with E-state index in [0.717, 1.165) is 23.0 Å². The molecule has 3 aliphatic rings. The number of H-pyrrole nitrogens is 1. The van der Waals surface area contributed by atoms with Gasteiger partial charge in [-0.1, -0.05) is 17.7 Å². The normalized spacial score (nSPS) is 21.8. The second kappa shape index (κ2) is 16.7. The minimum Gasteiger partial charge on any atom is -0.475 e. The van der Waals surface area contributed by atoms with Crippen molar-refractivity contribution in [3.05, 3.63) is 75.6 Å². The zero-order valence-electron chi connectivity index (χ0n) is 32.6. The Morgan fingerprint density at radius 3 is 1.95 bits per heavy atom. The number of ether oxygens (including phenoxy) is 1. The fourth-order valence-electron chi connectivity index (χ4n) is 7.45. The first-order valence-electron chi connectivity index (χ1n) is 18.0. The molecule has 4 atom stereocenters. The van der Waals surface area contributed by atoms with E-state index in [-0.39, 0.29) is 23.5 Å². The van der Waals surface area contributed by atoms with Gasteiger partial charge >= 0.3 is 24.3 Å². The number of nitrogens with zero attached hydrogens (tertiary/aromatic N) is 4. The molecule has 58 heavy (non-hydrogen) atoms. The van der Waals surface area contributed by atoms with E-state index >= 15 is 4.39 Å². The number of piperidine rings is 1. The SMILES string of the molecule is Cc1[nH+]c2c(cc1Cl)C(C(C)(C)c1ncn(C)n1)OC21CCN(C(=O)C2C[NH+](C(C)(C)C)C[C@H]2c2ccc(F)cc2F)CC1.O=C(O)C(F)(F)F.O=C(O)C(F)(F)F. The zero-order valence-corrected chi connectivity index (χ0v) is 33.3. The Balaban J connectivity index is 0.000000456. The van der Waals surface area contributed by atoms with Crippen LogP contribution in [0.3, 0.4) is 0 Å². The van der Waals surface area contributed by atoms with Crippen LogP contribution < -0.4 is 9.88 Å². The van der Waals surface area contributed by atoms with Crippen LogP contribution in [0, 0.1) is 24.5 Å². The number of benzene rings is 1. The molecule has 6 rings (SSSR count). The topological polar surface area (TPSA) is 153 Å². The first kappa shape index (κ1) is 46.3. The summed E-state index contributed by atoms with van der Waals surface area (Å²) in [5, 5.41) is 19.5. The number of rotatable bonds is 4. The number of fused-ring (bicyclic) bond motifs is 2. The molecule has 2 saturated heterocycles. The second-order valence-corrected chi connectivity index (χ2v) is 16.5. The highest BCUT2D eigenvalue weighted by Crippen LogP contribution is 2.54. The summed E-state index contributed by atoms with van der Waals surface area (Å²) in [5.41, 5.74) is 1.98. The van der Waals surface area contributed by atoms with Crippen LogP contribution in [0.5, 0.6) is 0 Å². The van der Waals surface area contributed by atoms with Gasteiger partial charge < -0.3 is 24.7 Å². The molecule has 320 valence electrons. The summed E-state index contributed by atoms with van der Waals surface area (Å²) >= 11 is 6.63. The molecule has 0 radical (unpaired) electrons. The monoisotopic (exact) mass is 856 g/mol. The Labute approximate surface area is 333 Å². The molecular formula is C37H45ClF8N6O6+2. The molecule has 5 heterocycles. The number of hydrogen-bond acceptors (Lipinski definition) is 6. The molecular weight excluding hydrogens is 812 g/mol. The van der Waals surface area contributed by atoms with E-state index in [0.29, 0.717) is 55.4 Å². The highest BCUT2D eigenvalue weighted by molar-refractivity contribution is 6.31. The van der Waals surface area contributed by atoms with Crippen molar-refractivity contribution in [3.63, 3.8) is 0 Å². The molecule has 4 N–H and O–H groups in total. The van der Waals surface area contributed by atoms with Crippen LogP contribution in [0.25, 0.3) is 0 Å². The minimum atomic E-state index is -5.08. The third-order valence-electron chi connectivity index (χ3n) is 10.7. The van der Waals surface area contributed by atoms with Crippen LogP contribution in [0.2, 0.25) is 5.02 Å². The number of carboxylic acids is 2. The van der Waals surface area contributed by atoms with E-state index in [9.17, 15) is 35.5 Å². The van der Waals surface area contributed by atoms with Crippen LogP contribution >= 0.6 is 11.6 Å². The number of aromatic amines is 1. The van der Waals surface area contributed by atoms with Gasteiger partial charge in [0.05, 0.1) is 41.4 Å². The molecule has 1 aromatic carbocycles. The Morgan fingerprint density at radius 2 is 1.48 bits per heavy atom. The van der Waals surface area contributed by atoms with Crippen LogP contribution in [-0.2, 0) is 37.2 Å². The summed E-state index contributed by atoms with van der Waals surface area (Å²) < 4.78 is 101. The van der Waals surface area contributed by atoms with Gasteiger partial charge in [0.1, 0.15) is 29.1 Å². The second-order valence-electron chi connectivity index (χ2n) is 16.1. The third kappa shape index (κ3) is 10.0. The van der Waals surface area contributed by atoms with Gasteiger partial charge in [-0.05, 0) is 52.3 Å². The van der Waals surface area contributed by atoms with Gasteiger partial charge in [0.2, 0.25) is 11.6 Å². The Bertz CT molecular complexity index is 1990. The molecule has 1 spiro atoms. The molecule has 1 amide bonds. The summed E-state index contributed by atoms with van der Waals surface area (Å²) in [6.45, 7) is 14.7. The van der Waals surface area contributed by atoms with Gasteiger partial charge in [-0.15, -0.1) is 0 Å². The predicted octanol–water partition coefficient (Wildman–Crippen LogP) is 5.10. The Morgan fingerprint density at radius 1 is 0.931 bits per heavy atom. The van der Waals surface area contributed by atoms with Crippen LogP contribution in [0.4, 0.5) is 35.1 Å². The van der Waals surface area contributed by atoms with Gasteiger partial charge in [0, 0.05) is 46.0 Å². The lowest BCUT2D eigenvalue weighted by atomic mass is 9.81. The molecule has 12 nitrogen and oxygen atoms in total. The quantitative estimate of drug-likeness (QED) is 0.307. The largest absolute Gasteiger partial charge is 0.490 e. The maximum Gasteiger partial charge on any atom is 0.490 e.